The molecule has 5 nitrogen and oxygen atoms in total. The Balaban J connectivity index is 2.60. The van der Waals surface area contributed by atoms with Gasteiger partial charge in [0.2, 0.25) is 0 Å². The Labute approximate surface area is 120 Å². The van der Waals surface area contributed by atoms with Crippen molar-refractivity contribution in [2.24, 2.45) is 5.41 Å². The van der Waals surface area contributed by atoms with Gasteiger partial charge in [-0.2, -0.15) is 0 Å². The average Bonchev–Trinajstić information content (AvgIpc) is 2.26. The van der Waals surface area contributed by atoms with E-state index in [9.17, 15) is 9.59 Å². The lowest BCUT2D eigenvalue weighted by Gasteiger charge is -2.33. The molecule has 0 aliphatic rings. The summed E-state index contributed by atoms with van der Waals surface area (Å²) in [6.07, 6.45) is 2.32. The number of anilines is 1. The minimum atomic E-state index is -0.703. The third-order valence-electron chi connectivity index (χ3n) is 2.54. The highest BCUT2D eigenvalue weighted by Gasteiger charge is 2.29. The van der Waals surface area contributed by atoms with Gasteiger partial charge in [-0.25, -0.2) is 4.98 Å². The summed E-state index contributed by atoms with van der Waals surface area (Å²) >= 11 is 0. The highest BCUT2D eigenvalue weighted by atomic mass is 16.2. The molecule has 0 spiro atoms. The minimum Gasteiger partial charge on any atom is -0.343 e. The Morgan fingerprint density at radius 3 is 2.25 bits per heavy atom. The van der Waals surface area contributed by atoms with Gasteiger partial charge in [0.1, 0.15) is 5.82 Å². The number of nitrogens with one attached hydrogen (secondary N) is 2. The molecule has 5 heteroatoms. The molecule has 0 unspecified atom stereocenters. The van der Waals surface area contributed by atoms with Crippen molar-refractivity contribution in [3.05, 3.63) is 24.4 Å². The Bertz CT molecular complexity index is 476. The van der Waals surface area contributed by atoms with Crippen LogP contribution in [0.15, 0.2) is 24.4 Å². The lowest BCUT2D eigenvalue weighted by molar-refractivity contribution is -0.137. The van der Waals surface area contributed by atoms with Crippen LogP contribution in [0.1, 0.15) is 41.0 Å². The summed E-state index contributed by atoms with van der Waals surface area (Å²) in [5, 5.41) is 5.22. The zero-order valence-electron chi connectivity index (χ0n) is 12.8. The molecular formula is C15H23N3O2. The van der Waals surface area contributed by atoms with Crippen molar-refractivity contribution in [3.63, 3.8) is 0 Å². The van der Waals surface area contributed by atoms with E-state index in [0.717, 1.165) is 6.42 Å². The highest BCUT2D eigenvalue weighted by Crippen LogP contribution is 2.26. The number of aromatic nitrogens is 1. The maximum absolute atomic E-state index is 11.9. The molecule has 0 atom stereocenters. The van der Waals surface area contributed by atoms with E-state index in [1.807, 2.05) is 13.8 Å². The summed E-state index contributed by atoms with van der Waals surface area (Å²) in [5.74, 6) is -0.989. The van der Waals surface area contributed by atoms with Crippen LogP contribution in [0, 0.1) is 5.41 Å². The normalized spacial score (nSPS) is 11.8. The van der Waals surface area contributed by atoms with Gasteiger partial charge in [-0.05, 0) is 37.8 Å². The molecule has 0 fully saturated rings. The first kappa shape index (κ1) is 16.1. The molecule has 0 aliphatic heterocycles. The van der Waals surface area contributed by atoms with E-state index in [0.29, 0.717) is 5.82 Å². The molecule has 1 aromatic rings. The first-order chi connectivity index (χ1) is 9.09. The van der Waals surface area contributed by atoms with Crippen LogP contribution in [0.4, 0.5) is 5.82 Å². The van der Waals surface area contributed by atoms with Gasteiger partial charge < -0.3 is 10.6 Å². The molecule has 0 aliphatic carbocycles. The summed E-state index contributed by atoms with van der Waals surface area (Å²) in [6.45, 7) is 10.1. The quantitative estimate of drug-likeness (QED) is 0.833. The summed E-state index contributed by atoms with van der Waals surface area (Å²) in [5.41, 5.74) is -0.384. The van der Waals surface area contributed by atoms with Crippen molar-refractivity contribution in [2.75, 3.05) is 5.32 Å². The lowest BCUT2D eigenvalue weighted by Crippen LogP contribution is -2.49. The second kappa shape index (κ2) is 6.03. The second-order valence-electron chi connectivity index (χ2n) is 6.74. The summed E-state index contributed by atoms with van der Waals surface area (Å²) in [4.78, 5) is 27.6. The smallest absolute Gasteiger partial charge is 0.314 e. The van der Waals surface area contributed by atoms with Crippen molar-refractivity contribution in [1.82, 2.24) is 10.3 Å². The third-order valence-corrected chi connectivity index (χ3v) is 2.54. The second-order valence-corrected chi connectivity index (χ2v) is 6.74. The number of hydrogen-bond acceptors (Lipinski definition) is 3. The van der Waals surface area contributed by atoms with Crippen LogP contribution in [0.2, 0.25) is 0 Å². The van der Waals surface area contributed by atoms with Crippen LogP contribution in [0.5, 0.6) is 0 Å². The maximum atomic E-state index is 11.9. The number of amides is 2. The fraction of sp³-hybridized carbons (Fsp3) is 0.533. The number of hydrogen-bond donors (Lipinski definition) is 2. The highest BCUT2D eigenvalue weighted by molar-refractivity contribution is 6.39. The Morgan fingerprint density at radius 2 is 1.75 bits per heavy atom. The fourth-order valence-electron chi connectivity index (χ4n) is 2.34. The first-order valence-corrected chi connectivity index (χ1v) is 6.64. The van der Waals surface area contributed by atoms with E-state index in [4.69, 9.17) is 0 Å². The molecule has 1 heterocycles. The van der Waals surface area contributed by atoms with Gasteiger partial charge in [0.25, 0.3) is 0 Å². The van der Waals surface area contributed by atoms with Crippen molar-refractivity contribution >= 4 is 17.6 Å². The summed E-state index contributed by atoms with van der Waals surface area (Å²) in [7, 11) is 0. The molecule has 20 heavy (non-hydrogen) atoms. The van der Waals surface area contributed by atoms with Gasteiger partial charge in [-0.1, -0.05) is 26.8 Å². The van der Waals surface area contributed by atoms with Crippen molar-refractivity contribution < 1.29 is 9.59 Å². The molecule has 0 aromatic carbocycles. The minimum absolute atomic E-state index is 0.0637. The van der Waals surface area contributed by atoms with Crippen LogP contribution in [-0.4, -0.2) is 22.3 Å². The Kier molecular flexibility index (Phi) is 4.87. The molecule has 1 aromatic heterocycles. The molecule has 2 amide bonds. The largest absolute Gasteiger partial charge is 0.343 e. The maximum Gasteiger partial charge on any atom is 0.314 e. The number of pyridine rings is 1. The van der Waals surface area contributed by atoms with Gasteiger partial charge >= 0.3 is 11.8 Å². The predicted molar refractivity (Wildman–Crippen MR) is 79.2 cm³/mol. The van der Waals surface area contributed by atoms with Crippen LogP contribution >= 0.6 is 0 Å². The van der Waals surface area contributed by atoms with Crippen molar-refractivity contribution in [2.45, 2.75) is 46.6 Å². The molecule has 0 bridgehead atoms. The molecule has 1 rings (SSSR count). The Morgan fingerprint density at radius 1 is 1.10 bits per heavy atom. The van der Waals surface area contributed by atoms with Gasteiger partial charge in [0, 0.05) is 11.7 Å². The molecule has 0 saturated carbocycles. The third kappa shape index (κ3) is 5.82. The van der Waals surface area contributed by atoms with Crippen LogP contribution in [0.3, 0.4) is 0 Å². The number of rotatable bonds is 3. The SMILES string of the molecule is CC(C)(C)CC(C)(C)NC(=O)C(=O)Nc1ccccn1. The van der Waals surface area contributed by atoms with Gasteiger partial charge in [0.15, 0.2) is 0 Å². The summed E-state index contributed by atoms with van der Waals surface area (Å²) < 4.78 is 0. The van der Waals surface area contributed by atoms with Gasteiger partial charge in [-0.3, -0.25) is 9.59 Å². The summed E-state index contributed by atoms with van der Waals surface area (Å²) in [6, 6.07) is 5.11. The number of nitrogens with zero attached hydrogens (tertiary/aromatic N) is 1. The lowest BCUT2D eigenvalue weighted by atomic mass is 9.82. The standard InChI is InChI=1S/C15H23N3O2/c1-14(2,3)10-15(4,5)18-13(20)12(19)17-11-8-6-7-9-16-11/h6-9H,10H2,1-5H3,(H,18,20)(H,16,17,19). The fourth-order valence-corrected chi connectivity index (χ4v) is 2.34. The van der Waals surface area contributed by atoms with E-state index >= 15 is 0 Å². The van der Waals surface area contributed by atoms with Crippen LogP contribution in [-0.2, 0) is 9.59 Å². The number of carbonyl (C=O) groups excluding carboxylic acids is 2. The zero-order valence-corrected chi connectivity index (χ0v) is 12.8. The average molecular weight is 277 g/mol. The van der Waals surface area contributed by atoms with Crippen molar-refractivity contribution in [1.29, 1.82) is 0 Å². The number of carbonyl (C=O) groups is 2. The van der Waals surface area contributed by atoms with E-state index < -0.39 is 17.4 Å². The Hall–Kier alpha value is -1.91. The van der Waals surface area contributed by atoms with E-state index in [2.05, 4.69) is 36.4 Å². The van der Waals surface area contributed by atoms with Crippen molar-refractivity contribution in [3.8, 4) is 0 Å². The van der Waals surface area contributed by atoms with E-state index in [1.165, 1.54) is 0 Å². The van der Waals surface area contributed by atoms with Gasteiger partial charge in [0.05, 0.1) is 0 Å². The zero-order chi connectivity index (χ0) is 15.4. The molecule has 0 radical (unpaired) electrons. The van der Waals surface area contributed by atoms with E-state index in [1.54, 1.807) is 24.4 Å². The van der Waals surface area contributed by atoms with Gasteiger partial charge in [-0.15, -0.1) is 0 Å². The first-order valence-electron chi connectivity index (χ1n) is 6.64. The van der Waals surface area contributed by atoms with Crippen LogP contribution in [0.25, 0.3) is 0 Å². The predicted octanol–water partition coefficient (Wildman–Crippen LogP) is 2.35. The molecule has 110 valence electrons. The monoisotopic (exact) mass is 277 g/mol. The molecular weight excluding hydrogens is 254 g/mol. The van der Waals surface area contributed by atoms with E-state index in [-0.39, 0.29) is 5.41 Å². The van der Waals surface area contributed by atoms with Crippen LogP contribution < -0.4 is 10.6 Å². The topological polar surface area (TPSA) is 71.1 Å². The molecule has 0 saturated heterocycles. The molecule has 2 N–H and O–H groups in total.